The summed E-state index contributed by atoms with van der Waals surface area (Å²) in [6.07, 6.45) is 0. The van der Waals surface area contributed by atoms with Gasteiger partial charge in [0.1, 0.15) is 11.5 Å². The molecule has 9 heteroatoms. The van der Waals surface area contributed by atoms with Crippen LogP contribution in [0.4, 0.5) is 11.4 Å². The molecule has 0 aliphatic carbocycles. The lowest BCUT2D eigenvalue weighted by Crippen LogP contribution is -2.31. The molecule has 0 radical (unpaired) electrons. The van der Waals surface area contributed by atoms with Crippen molar-refractivity contribution in [2.24, 2.45) is 0 Å². The molecule has 0 saturated carbocycles. The van der Waals surface area contributed by atoms with Crippen molar-refractivity contribution in [3.63, 3.8) is 0 Å². The third kappa shape index (κ3) is 3.66. The summed E-state index contributed by atoms with van der Waals surface area (Å²) in [5.41, 5.74) is -0.00871. The van der Waals surface area contributed by atoms with Gasteiger partial charge in [-0.25, -0.2) is 8.42 Å². The van der Waals surface area contributed by atoms with Crippen molar-refractivity contribution in [1.29, 1.82) is 0 Å². The molecule has 2 aromatic carbocycles. The van der Waals surface area contributed by atoms with E-state index in [0.717, 1.165) is 10.4 Å². The van der Waals surface area contributed by atoms with Gasteiger partial charge in [0.15, 0.2) is 0 Å². The Morgan fingerprint density at radius 1 is 1.12 bits per heavy atom. The lowest BCUT2D eigenvalue weighted by molar-refractivity contribution is -0.385. The monoisotopic (exact) mass is 366 g/mol. The summed E-state index contributed by atoms with van der Waals surface area (Å²) in [5.74, 6) is 0.806. The molecule has 0 fully saturated rings. The normalized spacial score (nSPS) is 11.0. The Balaban J connectivity index is 2.60. The van der Waals surface area contributed by atoms with E-state index in [-0.39, 0.29) is 22.8 Å². The number of rotatable bonds is 7. The molecule has 2 aromatic rings. The van der Waals surface area contributed by atoms with E-state index < -0.39 is 14.9 Å². The molecule has 0 aliphatic rings. The van der Waals surface area contributed by atoms with Gasteiger partial charge in [0.2, 0.25) is 0 Å². The molecule has 0 N–H and O–H groups in total. The first kappa shape index (κ1) is 18.5. The number of sulfonamides is 1. The van der Waals surface area contributed by atoms with E-state index in [2.05, 4.69) is 0 Å². The van der Waals surface area contributed by atoms with Crippen LogP contribution in [0, 0.1) is 10.1 Å². The van der Waals surface area contributed by atoms with Gasteiger partial charge in [-0.2, -0.15) is 0 Å². The van der Waals surface area contributed by atoms with Crippen LogP contribution in [0.25, 0.3) is 0 Å². The van der Waals surface area contributed by atoms with E-state index in [1.54, 1.807) is 19.1 Å². The second-order valence-corrected chi connectivity index (χ2v) is 6.82. The van der Waals surface area contributed by atoms with Gasteiger partial charge in [0.25, 0.3) is 15.7 Å². The molecular formula is C16H18N2O6S. The first-order valence-electron chi connectivity index (χ1n) is 7.34. The Kier molecular flexibility index (Phi) is 5.48. The maximum atomic E-state index is 13.0. The minimum atomic E-state index is -4.02. The quantitative estimate of drug-likeness (QED) is 0.552. The second kappa shape index (κ2) is 7.39. The minimum absolute atomic E-state index is 0.106. The summed E-state index contributed by atoms with van der Waals surface area (Å²) < 4.78 is 37.5. The van der Waals surface area contributed by atoms with E-state index >= 15 is 0 Å². The van der Waals surface area contributed by atoms with Crippen molar-refractivity contribution in [1.82, 2.24) is 0 Å². The maximum absolute atomic E-state index is 13.0. The molecule has 0 heterocycles. The summed E-state index contributed by atoms with van der Waals surface area (Å²) in [6, 6.07) is 9.71. The van der Waals surface area contributed by atoms with Crippen molar-refractivity contribution in [2.75, 3.05) is 25.1 Å². The fourth-order valence-corrected chi connectivity index (χ4v) is 3.86. The number of benzene rings is 2. The van der Waals surface area contributed by atoms with Gasteiger partial charge < -0.3 is 9.47 Å². The zero-order valence-corrected chi connectivity index (χ0v) is 14.8. The second-order valence-electron chi connectivity index (χ2n) is 4.96. The standard InChI is InChI=1S/C16H18N2O6S/c1-4-17(15-11-13(23-2)8-9-16(15)24-3)25(21,22)14-7-5-6-12(10-14)18(19)20/h5-11H,4H2,1-3H3. The summed E-state index contributed by atoms with van der Waals surface area (Å²) in [7, 11) is -1.13. The van der Waals surface area contributed by atoms with Gasteiger partial charge in [-0.1, -0.05) is 6.07 Å². The molecule has 0 amide bonds. The van der Waals surface area contributed by atoms with Crippen LogP contribution in [0.1, 0.15) is 6.92 Å². The van der Waals surface area contributed by atoms with E-state index in [9.17, 15) is 18.5 Å². The molecule has 0 unspecified atom stereocenters. The van der Waals surface area contributed by atoms with Crippen LogP contribution in [0.3, 0.4) is 0 Å². The predicted octanol–water partition coefficient (Wildman–Crippen LogP) is 2.83. The summed E-state index contributed by atoms with van der Waals surface area (Å²) in [5, 5.41) is 10.9. The molecule has 0 spiro atoms. The fraction of sp³-hybridized carbons (Fsp3) is 0.250. The Bertz CT molecular complexity index is 882. The van der Waals surface area contributed by atoms with Crippen molar-refractivity contribution < 1.29 is 22.8 Å². The fourth-order valence-electron chi connectivity index (χ4n) is 2.35. The average molecular weight is 366 g/mol. The number of hydrogen-bond donors (Lipinski definition) is 0. The van der Waals surface area contributed by atoms with Gasteiger partial charge >= 0.3 is 0 Å². The highest BCUT2D eigenvalue weighted by atomic mass is 32.2. The van der Waals surface area contributed by atoms with Crippen molar-refractivity contribution in [3.8, 4) is 11.5 Å². The third-order valence-electron chi connectivity index (χ3n) is 3.56. The molecule has 0 aliphatic heterocycles. The molecular weight excluding hydrogens is 348 g/mol. The van der Waals surface area contributed by atoms with Crippen molar-refractivity contribution in [3.05, 3.63) is 52.6 Å². The number of methoxy groups -OCH3 is 2. The Hall–Kier alpha value is -2.81. The van der Waals surface area contributed by atoms with Crippen LogP contribution >= 0.6 is 0 Å². The van der Waals surface area contributed by atoms with E-state index in [1.807, 2.05) is 0 Å². The average Bonchev–Trinajstić information content (AvgIpc) is 2.62. The predicted molar refractivity (Wildman–Crippen MR) is 92.8 cm³/mol. The van der Waals surface area contributed by atoms with E-state index in [4.69, 9.17) is 9.47 Å². The molecule has 0 saturated heterocycles. The highest BCUT2D eigenvalue weighted by Crippen LogP contribution is 2.35. The highest BCUT2D eigenvalue weighted by molar-refractivity contribution is 7.92. The number of anilines is 1. The molecule has 2 rings (SSSR count). The summed E-state index contributed by atoms with van der Waals surface area (Å²) in [4.78, 5) is 10.1. The van der Waals surface area contributed by atoms with Gasteiger partial charge in [0.05, 0.1) is 29.7 Å². The maximum Gasteiger partial charge on any atom is 0.270 e. The zero-order valence-electron chi connectivity index (χ0n) is 14.0. The summed E-state index contributed by atoms with van der Waals surface area (Å²) in [6.45, 7) is 1.77. The molecule has 8 nitrogen and oxygen atoms in total. The van der Waals surface area contributed by atoms with Gasteiger partial charge in [0, 0.05) is 24.7 Å². The van der Waals surface area contributed by atoms with Gasteiger partial charge in [-0.05, 0) is 25.1 Å². The highest BCUT2D eigenvalue weighted by Gasteiger charge is 2.27. The van der Waals surface area contributed by atoms with E-state index in [0.29, 0.717) is 11.5 Å². The zero-order chi connectivity index (χ0) is 18.6. The molecule has 0 bridgehead atoms. The first-order chi connectivity index (χ1) is 11.8. The Morgan fingerprint density at radius 2 is 1.84 bits per heavy atom. The topological polar surface area (TPSA) is 99.0 Å². The van der Waals surface area contributed by atoms with Gasteiger partial charge in [-0.15, -0.1) is 0 Å². The molecule has 25 heavy (non-hydrogen) atoms. The van der Waals surface area contributed by atoms with Crippen LogP contribution in [0.2, 0.25) is 0 Å². The summed E-state index contributed by atoms with van der Waals surface area (Å²) >= 11 is 0. The number of non-ortho nitro benzene ring substituents is 1. The van der Waals surface area contributed by atoms with Crippen LogP contribution in [-0.4, -0.2) is 34.1 Å². The van der Waals surface area contributed by atoms with Crippen molar-refractivity contribution in [2.45, 2.75) is 11.8 Å². The number of hydrogen-bond acceptors (Lipinski definition) is 6. The number of nitro benzene ring substituents is 1. The molecule has 0 atom stereocenters. The van der Waals surface area contributed by atoms with Crippen LogP contribution in [0.15, 0.2) is 47.4 Å². The Labute approximate surface area is 145 Å². The Morgan fingerprint density at radius 3 is 2.40 bits per heavy atom. The molecule has 0 aromatic heterocycles. The largest absolute Gasteiger partial charge is 0.497 e. The first-order valence-corrected chi connectivity index (χ1v) is 8.78. The minimum Gasteiger partial charge on any atom is -0.497 e. The lowest BCUT2D eigenvalue weighted by atomic mass is 10.2. The van der Waals surface area contributed by atoms with Crippen molar-refractivity contribution >= 4 is 21.4 Å². The SMILES string of the molecule is CCN(c1cc(OC)ccc1OC)S(=O)(=O)c1cccc([N+](=O)[O-])c1. The lowest BCUT2D eigenvalue weighted by Gasteiger charge is -2.25. The smallest absolute Gasteiger partial charge is 0.270 e. The number of ether oxygens (including phenoxy) is 2. The van der Waals surface area contributed by atoms with E-state index in [1.165, 1.54) is 38.5 Å². The number of nitrogens with zero attached hydrogens (tertiary/aromatic N) is 2. The van der Waals surface area contributed by atoms with Crippen LogP contribution < -0.4 is 13.8 Å². The van der Waals surface area contributed by atoms with Crippen LogP contribution in [0.5, 0.6) is 11.5 Å². The number of nitro groups is 1. The third-order valence-corrected chi connectivity index (χ3v) is 5.44. The van der Waals surface area contributed by atoms with Gasteiger partial charge in [-0.3, -0.25) is 14.4 Å². The van der Waals surface area contributed by atoms with Crippen LogP contribution in [-0.2, 0) is 10.0 Å². The molecule has 134 valence electrons.